The van der Waals surface area contributed by atoms with Gasteiger partial charge in [0.05, 0.1) is 6.61 Å². The highest BCUT2D eigenvalue weighted by molar-refractivity contribution is 5.89. The molecule has 3 aliphatic rings. The van der Waals surface area contributed by atoms with Crippen molar-refractivity contribution in [3.05, 3.63) is 11.5 Å². The first-order valence-corrected chi connectivity index (χ1v) is 5.76. The Morgan fingerprint density at radius 2 is 1.94 bits per heavy atom. The monoisotopic (exact) mass is 242 g/mol. The van der Waals surface area contributed by atoms with Gasteiger partial charge in [-0.05, 0) is 12.8 Å². The summed E-state index contributed by atoms with van der Waals surface area (Å²) in [6, 6.07) is 0. The van der Waals surface area contributed by atoms with Gasteiger partial charge in [0.1, 0.15) is 6.10 Å². The minimum absolute atomic E-state index is 0.259. The molecule has 3 rings (SSSR count). The topological polar surface area (TPSA) is 85.2 Å². The Bertz CT molecular complexity index is 381. The number of esters is 1. The molecule has 1 saturated heterocycles. The van der Waals surface area contributed by atoms with Gasteiger partial charge >= 0.3 is 5.97 Å². The molecule has 2 heterocycles. The number of hydrogen-bond acceptors (Lipinski definition) is 6. The molecule has 2 fully saturated rings. The van der Waals surface area contributed by atoms with Crippen molar-refractivity contribution in [2.75, 3.05) is 6.61 Å². The Morgan fingerprint density at radius 3 is 2.53 bits per heavy atom. The van der Waals surface area contributed by atoms with E-state index in [0.29, 0.717) is 0 Å². The highest BCUT2D eigenvalue weighted by Crippen LogP contribution is 2.41. The fourth-order valence-electron chi connectivity index (χ4n) is 2.62. The molecule has 0 unspecified atom stereocenters. The summed E-state index contributed by atoms with van der Waals surface area (Å²) in [5.41, 5.74) is 0. The Hall–Kier alpha value is -1.27. The van der Waals surface area contributed by atoms with E-state index < -0.39 is 35.5 Å². The SMILES string of the molecule is O=C1O[C@@H]([C@H]2COC3(CCCC3)O2)C(O)=C1O. The third-order valence-electron chi connectivity index (χ3n) is 3.52. The highest BCUT2D eigenvalue weighted by Gasteiger charge is 2.50. The highest BCUT2D eigenvalue weighted by atomic mass is 16.8. The summed E-state index contributed by atoms with van der Waals surface area (Å²) < 4.78 is 16.2. The minimum atomic E-state index is -0.942. The second-order valence-electron chi connectivity index (χ2n) is 4.64. The van der Waals surface area contributed by atoms with Crippen LogP contribution in [0.4, 0.5) is 0 Å². The van der Waals surface area contributed by atoms with Gasteiger partial charge in [-0.3, -0.25) is 0 Å². The van der Waals surface area contributed by atoms with Crippen molar-refractivity contribution in [2.24, 2.45) is 0 Å². The molecule has 1 aliphatic carbocycles. The molecule has 2 atom stereocenters. The van der Waals surface area contributed by atoms with E-state index in [1.54, 1.807) is 0 Å². The van der Waals surface area contributed by atoms with E-state index in [1.807, 2.05) is 0 Å². The lowest BCUT2D eigenvalue weighted by atomic mass is 10.2. The summed E-state index contributed by atoms with van der Waals surface area (Å²) in [7, 11) is 0. The van der Waals surface area contributed by atoms with Gasteiger partial charge < -0.3 is 24.4 Å². The second-order valence-corrected chi connectivity index (χ2v) is 4.64. The van der Waals surface area contributed by atoms with Crippen molar-refractivity contribution in [3.8, 4) is 0 Å². The summed E-state index contributed by atoms with van der Waals surface area (Å²) in [4.78, 5) is 11.1. The van der Waals surface area contributed by atoms with Gasteiger partial charge in [-0.15, -0.1) is 0 Å². The molecular formula is C11H14O6. The van der Waals surface area contributed by atoms with E-state index in [9.17, 15) is 15.0 Å². The molecule has 0 aromatic carbocycles. The predicted octanol–water partition coefficient (Wildman–Crippen LogP) is 0.925. The summed E-state index contributed by atoms with van der Waals surface area (Å²) >= 11 is 0. The lowest BCUT2D eigenvalue weighted by Gasteiger charge is -2.23. The molecule has 2 aliphatic heterocycles. The quantitative estimate of drug-likeness (QED) is 0.665. The van der Waals surface area contributed by atoms with Crippen molar-refractivity contribution in [2.45, 2.75) is 43.7 Å². The molecular weight excluding hydrogens is 228 g/mol. The zero-order chi connectivity index (χ0) is 12.0. The zero-order valence-corrected chi connectivity index (χ0v) is 9.22. The number of carbonyl (C=O) groups is 1. The van der Waals surface area contributed by atoms with Crippen LogP contribution < -0.4 is 0 Å². The molecule has 1 saturated carbocycles. The molecule has 0 amide bonds. The van der Waals surface area contributed by atoms with Crippen LogP contribution in [0.25, 0.3) is 0 Å². The first kappa shape index (κ1) is 10.9. The van der Waals surface area contributed by atoms with Crippen LogP contribution in [0.5, 0.6) is 0 Å². The first-order chi connectivity index (χ1) is 8.11. The van der Waals surface area contributed by atoms with Gasteiger partial charge in [0, 0.05) is 12.8 Å². The summed E-state index contributed by atoms with van der Waals surface area (Å²) in [5.74, 6) is -2.68. The molecule has 94 valence electrons. The van der Waals surface area contributed by atoms with Crippen LogP contribution in [0.3, 0.4) is 0 Å². The second kappa shape index (κ2) is 3.61. The predicted molar refractivity (Wildman–Crippen MR) is 54.2 cm³/mol. The molecule has 0 radical (unpaired) electrons. The third kappa shape index (κ3) is 1.59. The van der Waals surface area contributed by atoms with Gasteiger partial charge in [-0.25, -0.2) is 4.79 Å². The Morgan fingerprint density at radius 1 is 1.24 bits per heavy atom. The van der Waals surface area contributed by atoms with Crippen LogP contribution in [-0.4, -0.2) is 40.8 Å². The van der Waals surface area contributed by atoms with Gasteiger partial charge in [0.15, 0.2) is 17.7 Å². The molecule has 1 spiro atoms. The number of aliphatic hydroxyl groups excluding tert-OH is 2. The van der Waals surface area contributed by atoms with Crippen molar-refractivity contribution in [1.82, 2.24) is 0 Å². The molecule has 2 N–H and O–H groups in total. The van der Waals surface area contributed by atoms with Crippen LogP contribution in [-0.2, 0) is 19.0 Å². The fraction of sp³-hybridized carbons (Fsp3) is 0.727. The fourth-order valence-corrected chi connectivity index (χ4v) is 2.62. The molecule has 0 aromatic rings. The third-order valence-corrected chi connectivity index (χ3v) is 3.52. The smallest absolute Gasteiger partial charge is 0.377 e. The van der Waals surface area contributed by atoms with Crippen molar-refractivity contribution in [3.63, 3.8) is 0 Å². The van der Waals surface area contributed by atoms with Gasteiger partial charge in [0.25, 0.3) is 0 Å². The van der Waals surface area contributed by atoms with E-state index >= 15 is 0 Å². The maximum atomic E-state index is 11.1. The first-order valence-electron chi connectivity index (χ1n) is 5.76. The Balaban J connectivity index is 1.74. The van der Waals surface area contributed by atoms with Gasteiger partial charge in [0.2, 0.25) is 5.76 Å². The number of aliphatic hydroxyl groups is 2. The van der Waals surface area contributed by atoms with Crippen LogP contribution >= 0.6 is 0 Å². The summed E-state index contributed by atoms with van der Waals surface area (Å²) in [6.45, 7) is 0.259. The van der Waals surface area contributed by atoms with E-state index in [1.165, 1.54) is 0 Å². The number of carbonyl (C=O) groups excluding carboxylic acids is 1. The van der Waals surface area contributed by atoms with Crippen LogP contribution in [0.2, 0.25) is 0 Å². The van der Waals surface area contributed by atoms with Crippen LogP contribution in [0.1, 0.15) is 25.7 Å². The van der Waals surface area contributed by atoms with Crippen LogP contribution in [0, 0.1) is 0 Å². The van der Waals surface area contributed by atoms with Crippen molar-refractivity contribution >= 4 is 5.97 Å². The Kier molecular flexibility index (Phi) is 2.31. The van der Waals surface area contributed by atoms with Crippen LogP contribution in [0.15, 0.2) is 11.5 Å². The van der Waals surface area contributed by atoms with Gasteiger partial charge in [-0.2, -0.15) is 0 Å². The van der Waals surface area contributed by atoms with Gasteiger partial charge in [-0.1, -0.05) is 0 Å². The maximum absolute atomic E-state index is 11.1. The number of hydrogen-bond donors (Lipinski definition) is 2. The molecule has 0 aromatic heterocycles. The molecule has 6 nitrogen and oxygen atoms in total. The number of cyclic esters (lactones) is 1. The van der Waals surface area contributed by atoms with E-state index in [4.69, 9.17) is 14.2 Å². The number of ether oxygens (including phenoxy) is 3. The lowest BCUT2D eigenvalue weighted by molar-refractivity contribution is -0.177. The minimum Gasteiger partial charge on any atom is -0.505 e. The average molecular weight is 242 g/mol. The van der Waals surface area contributed by atoms with E-state index in [2.05, 4.69) is 0 Å². The molecule has 0 bridgehead atoms. The largest absolute Gasteiger partial charge is 0.505 e. The molecule has 6 heteroatoms. The zero-order valence-electron chi connectivity index (χ0n) is 9.22. The van der Waals surface area contributed by atoms with E-state index in [-0.39, 0.29) is 6.61 Å². The normalized spacial score (nSPS) is 35.9. The van der Waals surface area contributed by atoms with Crippen molar-refractivity contribution in [1.29, 1.82) is 0 Å². The average Bonchev–Trinajstić information content (AvgIpc) is 2.99. The van der Waals surface area contributed by atoms with Crippen molar-refractivity contribution < 1.29 is 29.2 Å². The van der Waals surface area contributed by atoms with E-state index in [0.717, 1.165) is 25.7 Å². The molecule has 17 heavy (non-hydrogen) atoms. The summed E-state index contributed by atoms with van der Waals surface area (Å²) in [5, 5.41) is 18.8. The lowest BCUT2D eigenvalue weighted by Crippen LogP contribution is -2.33. The maximum Gasteiger partial charge on any atom is 0.377 e. The number of rotatable bonds is 1. The summed E-state index contributed by atoms with van der Waals surface area (Å²) in [6.07, 6.45) is 2.25. The standard InChI is InChI=1S/C11H14O6/c12-7-8(13)10(14)16-9(7)6-5-15-11(17-6)3-1-2-4-11/h6,9,12-13H,1-5H2/t6-,9+/m1/s1. The Labute approximate surface area is 97.8 Å².